The number of carbonyl (C=O) groups is 2. The summed E-state index contributed by atoms with van der Waals surface area (Å²) in [5, 5.41) is -0.0837. The minimum absolute atomic E-state index is 0.0209. The average molecular weight is 568 g/mol. The monoisotopic (exact) mass is 568 g/mol. The fraction of sp³-hybridized carbons (Fsp3) is 0.200. The fourth-order valence-corrected chi connectivity index (χ4v) is 4.77. The molecule has 5 aromatic rings. The zero-order valence-electron chi connectivity index (χ0n) is 21.7. The first-order valence-corrected chi connectivity index (χ1v) is 13.0. The first-order valence-electron chi connectivity index (χ1n) is 13.0. The van der Waals surface area contributed by atoms with Crippen molar-refractivity contribution < 1.29 is 28.5 Å². The molecule has 0 radical (unpaired) electrons. The standard InChI is InChI=1S/C30H20N2O10/c33-25-21-9-23-24(28(36)32(27(23)35)18-7-3-16(4-8-18)30(38)42-14-20-12-40-20)10-22(21)26(34)31(25)17-5-1-15(2-6-17)29(37)41-13-19-11-39-19/h1-10,19-20H,11-14H2. The van der Waals surface area contributed by atoms with Gasteiger partial charge >= 0.3 is 11.9 Å². The molecule has 12 heteroatoms. The Hall–Kier alpha value is -5.20. The summed E-state index contributed by atoms with van der Waals surface area (Å²) in [6, 6.07) is 14.0. The van der Waals surface area contributed by atoms with Gasteiger partial charge in [0.15, 0.2) is 0 Å². The van der Waals surface area contributed by atoms with Crippen LogP contribution in [0.3, 0.4) is 0 Å². The van der Waals surface area contributed by atoms with Gasteiger partial charge in [0, 0.05) is 0 Å². The average Bonchev–Trinajstić information content (AvgIpc) is 3.94. The van der Waals surface area contributed by atoms with Crippen LogP contribution < -0.4 is 22.2 Å². The van der Waals surface area contributed by atoms with Gasteiger partial charge in [0.2, 0.25) is 0 Å². The SMILES string of the molecule is O=C(OCC1CO1)c1ccc(-n2c(=O)c3cc4c(=O)n(-c5ccc(C(=O)OCC6CO6)cc5)c(=O)c4cc3c2=O)cc1. The smallest absolute Gasteiger partial charge is 0.338 e. The molecule has 7 rings (SSSR count). The second kappa shape index (κ2) is 9.72. The number of hydrogen-bond donors (Lipinski definition) is 0. The maximum Gasteiger partial charge on any atom is 0.338 e. The van der Waals surface area contributed by atoms with Crippen LogP contribution in [0.1, 0.15) is 20.7 Å². The summed E-state index contributed by atoms with van der Waals surface area (Å²) in [4.78, 5) is 77.6. The lowest BCUT2D eigenvalue weighted by Crippen LogP contribution is -2.24. The Morgan fingerprint density at radius 3 is 1.19 bits per heavy atom. The predicted molar refractivity (Wildman–Crippen MR) is 148 cm³/mol. The first kappa shape index (κ1) is 25.7. The van der Waals surface area contributed by atoms with Crippen LogP contribution in [-0.2, 0) is 18.9 Å². The molecular weight excluding hydrogens is 548 g/mol. The van der Waals surface area contributed by atoms with Crippen LogP contribution in [-0.4, -0.2) is 59.7 Å². The van der Waals surface area contributed by atoms with Crippen LogP contribution in [0.2, 0.25) is 0 Å². The summed E-state index contributed by atoms with van der Waals surface area (Å²) < 4.78 is 22.2. The number of fused-ring (bicyclic) bond motifs is 2. The Morgan fingerprint density at radius 2 is 0.905 bits per heavy atom. The Bertz CT molecular complexity index is 1880. The van der Waals surface area contributed by atoms with E-state index in [0.717, 1.165) is 9.13 Å². The third kappa shape index (κ3) is 4.42. The van der Waals surface area contributed by atoms with Crippen molar-refractivity contribution in [3.8, 4) is 11.4 Å². The number of esters is 2. The summed E-state index contributed by atoms with van der Waals surface area (Å²) in [5.41, 5.74) is -1.77. The lowest BCUT2D eigenvalue weighted by Gasteiger charge is -2.04. The van der Waals surface area contributed by atoms with Crippen LogP contribution in [0.5, 0.6) is 0 Å². The number of ether oxygens (including phenoxy) is 4. The quantitative estimate of drug-likeness (QED) is 0.196. The second-order valence-electron chi connectivity index (χ2n) is 10.0. The van der Waals surface area contributed by atoms with Crippen molar-refractivity contribution in [2.45, 2.75) is 12.2 Å². The molecule has 2 aromatic heterocycles. The molecule has 2 unspecified atom stereocenters. The highest BCUT2D eigenvalue weighted by molar-refractivity contribution is 5.98. The number of nitrogens with zero attached hydrogens (tertiary/aromatic N) is 2. The van der Waals surface area contributed by atoms with E-state index in [9.17, 15) is 28.8 Å². The molecule has 3 aromatic carbocycles. The van der Waals surface area contributed by atoms with Crippen molar-refractivity contribution in [3.63, 3.8) is 0 Å². The molecule has 12 nitrogen and oxygen atoms in total. The Morgan fingerprint density at radius 1 is 0.595 bits per heavy atom. The summed E-state index contributed by atoms with van der Waals surface area (Å²) in [5.74, 6) is -1.12. The second-order valence-corrected chi connectivity index (χ2v) is 10.0. The molecule has 0 aliphatic carbocycles. The number of benzene rings is 3. The lowest BCUT2D eigenvalue weighted by atomic mass is 10.1. The van der Waals surface area contributed by atoms with E-state index in [2.05, 4.69) is 0 Å². The van der Waals surface area contributed by atoms with Crippen molar-refractivity contribution in [3.05, 3.63) is 113 Å². The van der Waals surface area contributed by atoms with E-state index in [0.29, 0.717) is 13.2 Å². The molecule has 0 spiro atoms. The van der Waals surface area contributed by atoms with Crippen LogP contribution >= 0.6 is 0 Å². The maximum absolute atomic E-state index is 13.3. The van der Waals surface area contributed by atoms with Crippen LogP contribution in [0.15, 0.2) is 79.8 Å². The van der Waals surface area contributed by atoms with E-state index in [1.807, 2.05) is 0 Å². The molecule has 0 N–H and O–H groups in total. The molecule has 2 aliphatic heterocycles. The van der Waals surface area contributed by atoms with E-state index >= 15 is 0 Å². The lowest BCUT2D eigenvalue weighted by molar-refractivity contribution is 0.0468. The zero-order chi connectivity index (χ0) is 29.1. The molecule has 42 heavy (non-hydrogen) atoms. The molecular formula is C30H20N2O10. The van der Waals surface area contributed by atoms with Crippen LogP contribution in [0.25, 0.3) is 32.9 Å². The van der Waals surface area contributed by atoms with E-state index in [1.54, 1.807) is 0 Å². The van der Waals surface area contributed by atoms with E-state index < -0.39 is 34.2 Å². The van der Waals surface area contributed by atoms with Crippen molar-refractivity contribution in [2.75, 3.05) is 26.4 Å². The molecule has 2 aliphatic rings. The van der Waals surface area contributed by atoms with E-state index in [1.165, 1.54) is 60.7 Å². The van der Waals surface area contributed by atoms with Gasteiger partial charge in [-0.1, -0.05) is 0 Å². The maximum atomic E-state index is 13.3. The van der Waals surface area contributed by atoms with E-state index in [-0.39, 0.29) is 69.5 Å². The van der Waals surface area contributed by atoms with Crippen molar-refractivity contribution >= 4 is 33.5 Å². The van der Waals surface area contributed by atoms with Gasteiger partial charge in [-0.15, -0.1) is 0 Å². The molecule has 2 fully saturated rings. The Kier molecular flexibility index (Phi) is 5.96. The zero-order valence-corrected chi connectivity index (χ0v) is 21.7. The fourth-order valence-electron chi connectivity index (χ4n) is 4.77. The Labute approximate surface area is 234 Å². The van der Waals surface area contributed by atoms with Gasteiger partial charge in [0.1, 0.15) is 25.4 Å². The molecule has 2 atom stereocenters. The highest BCUT2D eigenvalue weighted by Gasteiger charge is 2.26. The van der Waals surface area contributed by atoms with Gasteiger partial charge in [-0.05, 0) is 60.7 Å². The molecule has 0 bridgehead atoms. The van der Waals surface area contributed by atoms with Crippen LogP contribution in [0, 0.1) is 0 Å². The minimum atomic E-state index is -0.669. The van der Waals surface area contributed by atoms with Gasteiger partial charge < -0.3 is 18.9 Å². The molecule has 2 saturated heterocycles. The summed E-state index contributed by atoms with van der Waals surface area (Å²) in [6.07, 6.45) is -0.161. The number of hydrogen-bond acceptors (Lipinski definition) is 10. The van der Waals surface area contributed by atoms with Gasteiger partial charge in [-0.25, -0.2) is 18.7 Å². The number of epoxide rings is 2. The third-order valence-electron chi connectivity index (χ3n) is 7.22. The van der Waals surface area contributed by atoms with Gasteiger partial charge in [0.05, 0.1) is 57.3 Å². The molecule has 0 amide bonds. The topological polar surface area (TPSA) is 156 Å². The van der Waals surface area contributed by atoms with Crippen molar-refractivity contribution in [2.24, 2.45) is 0 Å². The normalized spacial score (nSPS) is 17.4. The predicted octanol–water partition coefficient (Wildman–Crippen LogP) is 1.00. The van der Waals surface area contributed by atoms with Crippen molar-refractivity contribution in [1.29, 1.82) is 0 Å². The Balaban J connectivity index is 1.22. The number of carbonyl (C=O) groups excluding carboxylic acids is 2. The summed E-state index contributed by atoms with van der Waals surface area (Å²) >= 11 is 0. The largest absolute Gasteiger partial charge is 0.459 e. The van der Waals surface area contributed by atoms with Gasteiger partial charge in [0.25, 0.3) is 22.2 Å². The summed E-state index contributed by atoms with van der Waals surface area (Å²) in [6.45, 7) is 1.39. The highest BCUT2D eigenvalue weighted by Crippen LogP contribution is 2.19. The molecule has 0 saturated carbocycles. The van der Waals surface area contributed by atoms with Crippen molar-refractivity contribution in [1.82, 2.24) is 9.13 Å². The first-order chi connectivity index (χ1) is 20.3. The molecule has 4 heterocycles. The van der Waals surface area contributed by atoms with Crippen LogP contribution in [0.4, 0.5) is 0 Å². The van der Waals surface area contributed by atoms with Gasteiger partial charge in [-0.2, -0.15) is 0 Å². The highest BCUT2D eigenvalue weighted by atomic mass is 16.6. The third-order valence-corrected chi connectivity index (χ3v) is 7.22. The number of aromatic nitrogens is 2. The minimum Gasteiger partial charge on any atom is -0.459 e. The molecule has 210 valence electrons. The number of rotatable bonds is 8. The van der Waals surface area contributed by atoms with Gasteiger partial charge in [-0.3, -0.25) is 19.2 Å². The van der Waals surface area contributed by atoms with E-state index in [4.69, 9.17) is 18.9 Å². The summed E-state index contributed by atoms with van der Waals surface area (Å²) in [7, 11) is 0.